The van der Waals surface area contributed by atoms with Gasteiger partial charge in [0.1, 0.15) is 24.4 Å². The molecule has 0 spiro atoms. The van der Waals surface area contributed by atoms with Gasteiger partial charge in [0.05, 0.1) is 36.1 Å². The number of ether oxygens (including phenoxy) is 2. The van der Waals surface area contributed by atoms with Crippen LogP contribution in [0.25, 0.3) is 0 Å². The van der Waals surface area contributed by atoms with Crippen LogP contribution in [0.5, 0.6) is 0 Å². The zero-order chi connectivity index (χ0) is 32.6. The van der Waals surface area contributed by atoms with Gasteiger partial charge in [0.25, 0.3) is 0 Å². The summed E-state index contributed by atoms with van der Waals surface area (Å²) in [5, 5.41) is 86.9. The van der Waals surface area contributed by atoms with Crippen LogP contribution < -0.4 is 0 Å². The van der Waals surface area contributed by atoms with Crippen molar-refractivity contribution >= 4 is 5.78 Å². The molecule has 0 radical (unpaired) electrons. The largest absolute Gasteiger partial charge is 0.394 e. The Kier molecular flexibility index (Phi) is 9.30. The van der Waals surface area contributed by atoms with E-state index in [9.17, 15) is 45.6 Å². The molecule has 0 aromatic heterocycles. The molecule has 1 aliphatic heterocycles. The van der Waals surface area contributed by atoms with E-state index < -0.39 is 83.6 Å². The van der Waals surface area contributed by atoms with Crippen molar-refractivity contribution < 1.29 is 55.1 Å². The Hall–Kier alpha value is -0.990. The van der Waals surface area contributed by atoms with E-state index in [0.717, 1.165) is 6.42 Å². The first kappa shape index (κ1) is 34.3. The third kappa shape index (κ3) is 5.23. The van der Waals surface area contributed by atoms with Crippen molar-refractivity contribution in [3.8, 4) is 0 Å². The Labute approximate surface area is 259 Å². The summed E-state index contributed by atoms with van der Waals surface area (Å²) in [4.78, 5) is 13.9. The van der Waals surface area contributed by atoms with Crippen molar-refractivity contribution in [3.63, 3.8) is 0 Å². The van der Waals surface area contributed by atoms with E-state index in [1.54, 1.807) is 13.0 Å². The molecule has 0 amide bonds. The van der Waals surface area contributed by atoms with Crippen molar-refractivity contribution in [2.75, 3.05) is 6.61 Å². The molecule has 4 aliphatic carbocycles. The number of aliphatic hydroxyl groups excluding tert-OH is 6. The van der Waals surface area contributed by atoms with Crippen molar-refractivity contribution in [1.29, 1.82) is 0 Å². The van der Waals surface area contributed by atoms with Gasteiger partial charge in [-0.2, -0.15) is 0 Å². The van der Waals surface area contributed by atoms with E-state index in [-0.39, 0.29) is 30.5 Å². The molecular weight excluding hydrogens is 572 g/mol. The fraction of sp³-hybridized carbons (Fsp3) is 0.909. The standard InChI is InChI=1S/C33H54O11/c1-16(2)6-7-25(37)32(5,41)24-9-11-33(42)18-12-20(35)19-13-22(43-29-28(40)27(39)26(38)23(15-34)44-29)21(36)14-30(19,3)17(18)8-10-31(24,33)4/h12,16-17,19,21-29,34,36-42H,6-11,13-15H2,1-5H3. The van der Waals surface area contributed by atoms with Gasteiger partial charge in [-0.15, -0.1) is 0 Å². The number of ketones is 1. The van der Waals surface area contributed by atoms with E-state index in [0.29, 0.717) is 43.6 Å². The lowest BCUT2D eigenvalue weighted by molar-refractivity contribution is -0.322. The van der Waals surface area contributed by atoms with E-state index in [4.69, 9.17) is 9.47 Å². The molecule has 252 valence electrons. The van der Waals surface area contributed by atoms with Gasteiger partial charge in [0.15, 0.2) is 12.1 Å². The Morgan fingerprint density at radius 3 is 2.36 bits per heavy atom. The highest BCUT2D eigenvalue weighted by molar-refractivity contribution is 5.95. The van der Waals surface area contributed by atoms with E-state index in [2.05, 4.69) is 13.8 Å². The molecule has 3 saturated carbocycles. The third-order valence-electron chi connectivity index (χ3n) is 12.6. The highest BCUT2D eigenvalue weighted by Gasteiger charge is 2.69. The lowest BCUT2D eigenvalue weighted by Crippen LogP contribution is -2.64. The Balaban J connectivity index is 1.38. The van der Waals surface area contributed by atoms with Gasteiger partial charge in [0.2, 0.25) is 0 Å². The van der Waals surface area contributed by atoms with E-state index in [1.165, 1.54) is 0 Å². The van der Waals surface area contributed by atoms with Crippen LogP contribution in [0, 0.1) is 34.5 Å². The lowest BCUT2D eigenvalue weighted by Gasteiger charge is -2.61. The van der Waals surface area contributed by atoms with Crippen LogP contribution in [0.3, 0.4) is 0 Å². The number of rotatable bonds is 8. The molecule has 11 heteroatoms. The monoisotopic (exact) mass is 626 g/mol. The van der Waals surface area contributed by atoms with E-state index >= 15 is 0 Å². The maximum absolute atomic E-state index is 13.9. The van der Waals surface area contributed by atoms with Gasteiger partial charge >= 0.3 is 0 Å². The van der Waals surface area contributed by atoms with Crippen LogP contribution in [-0.2, 0) is 14.3 Å². The molecule has 0 aromatic carbocycles. The summed E-state index contributed by atoms with van der Waals surface area (Å²) in [5.74, 6) is -0.913. The number of carbonyl (C=O) groups is 1. The molecule has 4 fully saturated rings. The molecule has 0 bridgehead atoms. The Bertz CT molecular complexity index is 1110. The average molecular weight is 627 g/mol. The second-order valence-electron chi connectivity index (χ2n) is 15.6. The molecule has 15 atom stereocenters. The fourth-order valence-corrected chi connectivity index (χ4v) is 9.81. The lowest BCUT2D eigenvalue weighted by atomic mass is 9.45. The smallest absolute Gasteiger partial charge is 0.187 e. The van der Waals surface area contributed by atoms with Gasteiger partial charge in [0, 0.05) is 11.3 Å². The number of aliphatic hydroxyl groups is 8. The van der Waals surface area contributed by atoms with Crippen LogP contribution >= 0.6 is 0 Å². The molecule has 1 heterocycles. The minimum absolute atomic E-state index is 0.126. The molecule has 5 aliphatic rings. The van der Waals surface area contributed by atoms with Crippen LogP contribution in [-0.4, -0.2) is 113 Å². The van der Waals surface area contributed by atoms with Crippen LogP contribution in [0.2, 0.25) is 0 Å². The number of fused-ring (bicyclic) bond motifs is 5. The molecule has 0 aromatic rings. The van der Waals surface area contributed by atoms with Gasteiger partial charge < -0.3 is 50.3 Å². The summed E-state index contributed by atoms with van der Waals surface area (Å²) in [6.07, 6.45) is -5.04. The predicted molar refractivity (Wildman–Crippen MR) is 158 cm³/mol. The summed E-state index contributed by atoms with van der Waals surface area (Å²) in [6, 6.07) is 0. The van der Waals surface area contributed by atoms with Crippen LogP contribution in [0.4, 0.5) is 0 Å². The minimum atomic E-state index is -1.62. The quantitative estimate of drug-likeness (QED) is 0.187. The summed E-state index contributed by atoms with van der Waals surface area (Å²) in [6.45, 7) is 9.17. The zero-order valence-electron chi connectivity index (χ0n) is 26.7. The van der Waals surface area contributed by atoms with Crippen LogP contribution in [0.15, 0.2) is 11.6 Å². The fourth-order valence-electron chi connectivity index (χ4n) is 9.81. The Morgan fingerprint density at radius 2 is 1.73 bits per heavy atom. The average Bonchev–Trinajstić information content (AvgIpc) is 3.24. The zero-order valence-corrected chi connectivity index (χ0v) is 26.7. The van der Waals surface area contributed by atoms with Crippen LogP contribution in [0.1, 0.15) is 86.0 Å². The van der Waals surface area contributed by atoms with Gasteiger partial charge in [-0.25, -0.2) is 0 Å². The maximum Gasteiger partial charge on any atom is 0.187 e. The molecule has 15 unspecified atom stereocenters. The van der Waals surface area contributed by atoms with Crippen molar-refractivity contribution in [2.24, 2.45) is 34.5 Å². The Morgan fingerprint density at radius 1 is 1.05 bits per heavy atom. The van der Waals surface area contributed by atoms with E-state index in [1.807, 2.05) is 13.8 Å². The third-order valence-corrected chi connectivity index (χ3v) is 12.6. The molecular formula is C33H54O11. The summed E-state index contributed by atoms with van der Waals surface area (Å²) >= 11 is 0. The van der Waals surface area contributed by atoms with Crippen molar-refractivity contribution in [3.05, 3.63) is 11.6 Å². The normalized spacial score (nSPS) is 49.5. The predicted octanol–water partition coefficient (Wildman–Crippen LogP) is 0.563. The number of allylic oxidation sites excluding steroid dienone is 1. The topological polar surface area (TPSA) is 197 Å². The first-order valence-corrected chi connectivity index (χ1v) is 16.4. The summed E-state index contributed by atoms with van der Waals surface area (Å²) in [5.41, 5.74) is -3.55. The van der Waals surface area contributed by atoms with Crippen molar-refractivity contribution in [1.82, 2.24) is 0 Å². The van der Waals surface area contributed by atoms with Crippen molar-refractivity contribution in [2.45, 2.75) is 146 Å². The number of hydrogen-bond acceptors (Lipinski definition) is 11. The first-order valence-electron chi connectivity index (χ1n) is 16.4. The molecule has 44 heavy (non-hydrogen) atoms. The van der Waals surface area contributed by atoms with Gasteiger partial charge in [-0.05, 0) is 93.1 Å². The highest BCUT2D eigenvalue weighted by Crippen LogP contribution is 2.68. The molecule has 8 N–H and O–H groups in total. The highest BCUT2D eigenvalue weighted by atomic mass is 16.7. The number of carbonyl (C=O) groups excluding carboxylic acids is 1. The molecule has 5 rings (SSSR count). The summed E-state index contributed by atoms with van der Waals surface area (Å²) in [7, 11) is 0. The van der Waals surface area contributed by atoms with Gasteiger partial charge in [-0.3, -0.25) is 4.79 Å². The number of hydrogen-bond donors (Lipinski definition) is 8. The second kappa shape index (κ2) is 11.9. The first-order chi connectivity index (χ1) is 20.4. The molecule has 11 nitrogen and oxygen atoms in total. The summed E-state index contributed by atoms with van der Waals surface area (Å²) < 4.78 is 11.4. The second-order valence-corrected chi connectivity index (χ2v) is 15.6. The van der Waals surface area contributed by atoms with Gasteiger partial charge in [-0.1, -0.05) is 27.7 Å². The SMILES string of the molecule is CC(C)CCC(O)C(C)(O)C1CCC2(O)C3=CC(=O)C4CC(OC5OC(CO)C(O)C(O)C5O)C(O)CC4(C)C3CCC12C. The minimum Gasteiger partial charge on any atom is -0.394 e. The maximum atomic E-state index is 13.9. The molecule has 1 saturated heterocycles.